The first-order valence-corrected chi connectivity index (χ1v) is 12.6. The topological polar surface area (TPSA) is 90.4 Å². The number of anilines is 1. The molecule has 0 atom stereocenters. The van der Waals surface area contributed by atoms with Gasteiger partial charge in [0.05, 0.1) is 27.2 Å². The van der Waals surface area contributed by atoms with Crippen molar-refractivity contribution in [2.75, 3.05) is 31.1 Å². The van der Waals surface area contributed by atoms with E-state index in [1.165, 1.54) is 0 Å². The number of nitriles is 1. The number of carbonyl (C=O) groups excluding carboxylic acids is 1. The van der Waals surface area contributed by atoms with Gasteiger partial charge in [-0.05, 0) is 31.0 Å². The van der Waals surface area contributed by atoms with Crippen molar-refractivity contribution < 1.29 is 4.79 Å². The number of aromatic nitrogens is 4. The zero-order chi connectivity index (χ0) is 24.5. The third-order valence-electron chi connectivity index (χ3n) is 6.24. The van der Waals surface area contributed by atoms with Gasteiger partial charge >= 0.3 is 0 Å². The number of pyridine rings is 2. The monoisotopic (exact) mass is 485 g/mol. The lowest BCUT2D eigenvalue weighted by molar-refractivity contribution is -0.132. The molecule has 1 aliphatic heterocycles. The number of nitrogens with zero attached hydrogens (tertiary/aromatic N) is 7. The van der Waals surface area contributed by atoms with Gasteiger partial charge in [-0.25, -0.2) is 14.5 Å². The number of aryl methyl sites for hydroxylation is 1. The zero-order valence-electron chi connectivity index (χ0n) is 20.1. The molecule has 1 saturated heterocycles. The van der Waals surface area contributed by atoms with Crippen LogP contribution in [0.4, 0.5) is 5.82 Å². The maximum atomic E-state index is 12.4. The molecule has 0 aliphatic carbocycles. The van der Waals surface area contributed by atoms with E-state index in [9.17, 15) is 10.1 Å². The quantitative estimate of drug-likeness (QED) is 0.416. The molecule has 0 saturated carbocycles. The summed E-state index contributed by atoms with van der Waals surface area (Å²) in [6.07, 6.45) is 7.86. The molecule has 9 heteroatoms. The van der Waals surface area contributed by atoms with E-state index in [1.807, 2.05) is 42.5 Å². The molecule has 0 unspecified atom stereocenters. The van der Waals surface area contributed by atoms with Crippen LogP contribution in [0.1, 0.15) is 30.8 Å². The van der Waals surface area contributed by atoms with Crippen molar-refractivity contribution >= 4 is 28.6 Å². The van der Waals surface area contributed by atoms with Gasteiger partial charge < -0.3 is 9.80 Å². The summed E-state index contributed by atoms with van der Waals surface area (Å²) in [5.41, 5.74) is 4.12. The lowest BCUT2D eigenvalue weighted by atomic mass is 10.0. The summed E-state index contributed by atoms with van der Waals surface area (Å²) in [6.45, 7) is 9.10. The molecular weight excluding hydrogens is 458 g/mol. The van der Waals surface area contributed by atoms with E-state index in [2.05, 4.69) is 41.0 Å². The highest BCUT2D eigenvalue weighted by Crippen LogP contribution is 2.34. The van der Waals surface area contributed by atoms with E-state index in [0.29, 0.717) is 31.0 Å². The van der Waals surface area contributed by atoms with Gasteiger partial charge in [0.1, 0.15) is 11.9 Å². The normalized spacial score (nSPS) is 14.0. The van der Waals surface area contributed by atoms with Gasteiger partial charge in [-0.2, -0.15) is 10.4 Å². The summed E-state index contributed by atoms with van der Waals surface area (Å²) in [6, 6.07) is 8.40. The minimum Gasteiger partial charge on any atom is -0.353 e. The molecular formula is C26H27N7OS. The summed E-state index contributed by atoms with van der Waals surface area (Å²) in [7, 11) is 0. The van der Waals surface area contributed by atoms with Crippen LogP contribution in [0.25, 0.3) is 27.1 Å². The fraction of sp³-hybridized carbons (Fsp3) is 0.346. The molecule has 0 spiro atoms. The second-order valence-corrected chi connectivity index (χ2v) is 10.5. The number of amides is 1. The Morgan fingerprint density at radius 3 is 2.54 bits per heavy atom. The molecule has 4 aromatic rings. The number of hydrogen-bond donors (Lipinski definition) is 0. The molecule has 35 heavy (non-hydrogen) atoms. The number of fused-ring (bicyclic) bond motifs is 1. The number of hydrogen-bond acceptors (Lipinski definition) is 7. The second kappa shape index (κ2) is 9.47. The fourth-order valence-corrected chi connectivity index (χ4v) is 5.21. The Kier molecular flexibility index (Phi) is 6.22. The average Bonchev–Trinajstić information content (AvgIpc) is 3.49. The standard InChI is InChI=1S/C26H27N7OS/c1-17(2)10-25(34)32-8-6-31(7-9-32)24-5-4-19(13-29-24)22-11-20(23-15-28-18(3)35-23)16-33-26(22)21(12-27)14-30-33/h4-5,11,13-17H,6-10H2,1-3H3. The number of piperazine rings is 1. The Hall–Kier alpha value is -3.77. The van der Waals surface area contributed by atoms with E-state index in [0.717, 1.165) is 51.0 Å². The SMILES string of the molecule is Cc1ncc(-c2cc(-c3ccc(N4CCN(C(=O)CC(C)C)CC4)nc3)c3c(C#N)cnn3c2)s1. The molecule has 5 heterocycles. The van der Waals surface area contributed by atoms with Gasteiger partial charge in [0.25, 0.3) is 0 Å². The summed E-state index contributed by atoms with van der Waals surface area (Å²) in [4.78, 5) is 26.7. The maximum Gasteiger partial charge on any atom is 0.222 e. The Bertz CT molecular complexity index is 1410. The summed E-state index contributed by atoms with van der Waals surface area (Å²) < 4.78 is 1.76. The summed E-state index contributed by atoms with van der Waals surface area (Å²) >= 11 is 1.62. The van der Waals surface area contributed by atoms with Gasteiger partial charge in [-0.1, -0.05) is 13.8 Å². The second-order valence-electron chi connectivity index (χ2n) is 9.22. The van der Waals surface area contributed by atoms with E-state index >= 15 is 0 Å². The molecule has 8 nitrogen and oxygen atoms in total. The first kappa shape index (κ1) is 23.0. The van der Waals surface area contributed by atoms with Crippen molar-refractivity contribution in [1.29, 1.82) is 5.26 Å². The summed E-state index contributed by atoms with van der Waals surface area (Å²) in [5, 5.41) is 15.1. The molecule has 0 bridgehead atoms. The molecule has 1 amide bonds. The smallest absolute Gasteiger partial charge is 0.222 e. The molecule has 0 aromatic carbocycles. The molecule has 4 aromatic heterocycles. The largest absolute Gasteiger partial charge is 0.353 e. The van der Waals surface area contributed by atoms with Crippen LogP contribution in [0.2, 0.25) is 0 Å². The van der Waals surface area contributed by atoms with Crippen LogP contribution >= 0.6 is 11.3 Å². The van der Waals surface area contributed by atoms with Crippen LogP contribution in [0.15, 0.2) is 43.0 Å². The van der Waals surface area contributed by atoms with Crippen LogP contribution in [0.3, 0.4) is 0 Å². The van der Waals surface area contributed by atoms with Gasteiger partial charge in [0.15, 0.2) is 0 Å². The van der Waals surface area contributed by atoms with Gasteiger partial charge in [0, 0.05) is 67.9 Å². The third kappa shape index (κ3) is 4.62. The van der Waals surface area contributed by atoms with Crippen molar-refractivity contribution in [1.82, 2.24) is 24.5 Å². The first-order chi connectivity index (χ1) is 16.9. The number of carbonyl (C=O) groups is 1. The van der Waals surface area contributed by atoms with Crippen molar-refractivity contribution in [3.63, 3.8) is 0 Å². The third-order valence-corrected chi connectivity index (χ3v) is 7.20. The van der Waals surface area contributed by atoms with Crippen LogP contribution in [0.5, 0.6) is 0 Å². The van der Waals surface area contributed by atoms with Crippen LogP contribution < -0.4 is 4.90 Å². The van der Waals surface area contributed by atoms with Crippen molar-refractivity contribution in [2.45, 2.75) is 27.2 Å². The highest BCUT2D eigenvalue weighted by Gasteiger charge is 2.22. The lowest BCUT2D eigenvalue weighted by Gasteiger charge is -2.35. The van der Waals surface area contributed by atoms with Gasteiger partial charge in [-0.3, -0.25) is 4.79 Å². The Labute approximate surface area is 208 Å². The van der Waals surface area contributed by atoms with Crippen LogP contribution in [0, 0.1) is 24.2 Å². The minimum atomic E-state index is 0.233. The minimum absolute atomic E-state index is 0.233. The molecule has 0 radical (unpaired) electrons. The molecule has 1 fully saturated rings. The predicted octanol–water partition coefficient (Wildman–Crippen LogP) is 4.39. The van der Waals surface area contributed by atoms with Gasteiger partial charge in [-0.15, -0.1) is 11.3 Å². The molecule has 178 valence electrons. The van der Waals surface area contributed by atoms with Crippen LogP contribution in [-0.4, -0.2) is 56.6 Å². The molecule has 0 N–H and O–H groups in total. The maximum absolute atomic E-state index is 12.4. The van der Waals surface area contributed by atoms with E-state index in [4.69, 9.17) is 4.98 Å². The fourth-order valence-electron chi connectivity index (χ4n) is 4.45. The Balaban J connectivity index is 1.42. The molecule has 1 aliphatic rings. The molecule has 5 rings (SSSR count). The Morgan fingerprint density at radius 2 is 1.91 bits per heavy atom. The van der Waals surface area contributed by atoms with E-state index in [1.54, 1.807) is 22.0 Å². The first-order valence-electron chi connectivity index (χ1n) is 11.8. The van der Waals surface area contributed by atoms with Crippen LogP contribution in [-0.2, 0) is 4.79 Å². The van der Waals surface area contributed by atoms with Crippen molar-refractivity contribution in [2.24, 2.45) is 5.92 Å². The zero-order valence-corrected chi connectivity index (χ0v) is 20.9. The number of thiazole rings is 1. The summed E-state index contributed by atoms with van der Waals surface area (Å²) in [5.74, 6) is 1.50. The highest BCUT2D eigenvalue weighted by molar-refractivity contribution is 7.15. The Morgan fingerprint density at radius 1 is 1.11 bits per heavy atom. The lowest BCUT2D eigenvalue weighted by Crippen LogP contribution is -2.49. The van der Waals surface area contributed by atoms with Crippen molar-refractivity contribution in [3.8, 4) is 27.6 Å². The van der Waals surface area contributed by atoms with E-state index < -0.39 is 0 Å². The average molecular weight is 486 g/mol. The predicted molar refractivity (Wildman–Crippen MR) is 137 cm³/mol. The van der Waals surface area contributed by atoms with Gasteiger partial charge in [0.2, 0.25) is 5.91 Å². The highest BCUT2D eigenvalue weighted by atomic mass is 32.1. The number of rotatable bonds is 5. The van der Waals surface area contributed by atoms with E-state index in [-0.39, 0.29) is 5.91 Å². The van der Waals surface area contributed by atoms with Crippen molar-refractivity contribution in [3.05, 3.63) is 53.6 Å².